The molecule has 2 nitrogen and oxygen atoms in total. The summed E-state index contributed by atoms with van der Waals surface area (Å²) in [5, 5.41) is 13.7. The van der Waals surface area contributed by atoms with Gasteiger partial charge in [0.1, 0.15) is 0 Å². The van der Waals surface area contributed by atoms with E-state index in [1.807, 2.05) is 0 Å². The van der Waals surface area contributed by atoms with E-state index in [0.29, 0.717) is 21.7 Å². The fourth-order valence-electron chi connectivity index (χ4n) is 14.0. The van der Waals surface area contributed by atoms with Crippen LogP contribution in [0, 0.1) is 33.5 Å². The second kappa shape index (κ2) is 6.65. The lowest BCUT2D eigenvalue weighted by Gasteiger charge is -2.67. The van der Waals surface area contributed by atoms with Gasteiger partial charge in [0.05, 0.1) is 5.56 Å². The number of fused-ring (bicyclic) bond motifs is 1. The highest BCUT2D eigenvalue weighted by Gasteiger charge is 2.64. The Balaban J connectivity index is 1.42. The maximum absolute atomic E-state index is 13.6. The number of benzene rings is 2. The summed E-state index contributed by atoms with van der Waals surface area (Å²) in [5.74, 6) is 0.834. The minimum absolute atomic E-state index is 0.00233. The van der Waals surface area contributed by atoms with E-state index >= 15 is 0 Å². The molecule has 8 aliphatic carbocycles. The number of hydrogen-bond acceptors (Lipinski definition) is 1. The fraction of sp³-hybridized carbons (Fsp3) is 0.686. The molecule has 0 aromatic heterocycles. The number of rotatable bonds is 3. The maximum atomic E-state index is 13.6. The van der Waals surface area contributed by atoms with Gasteiger partial charge in [-0.25, -0.2) is 4.79 Å². The third-order valence-corrected chi connectivity index (χ3v) is 12.6. The summed E-state index contributed by atoms with van der Waals surface area (Å²) >= 11 is 0. The Morgan fingerprint density at radius 3 is 1.70 bits per heavy atom. The summed E-state index contributed by atoms with van der Waals surface area (Å²) in [7, 11) is 0. The Hall–Kier alpha value is -1.83. The first-order valence-corrected chi connectivity index (χ1v) is 15.1. The quantitative estimate of drug-likeness (QED) is 0.460. The molecule has 0 aliphatic heterocycles. The van der Waals surface area contributed by atoms with Crippen molar-refractivity contribution in [2.24, 2.45) is 33.5 Å². The first-order chi connectivity index (χ1) is 17.3. The van der Waals surface area contributed by atoms with Crippen LogP contribution >= 0.6 is 0 Å². The molecule has 4 atom stereocenters. The van der Waals surface area contributed by atoms with E-state index in [0.717, 1.165) is 17.4 Å². The van der Waals surface area contributed by atoms with Crippen molar-refractivity contribution >= 4 is 16.7 Å². The predicted octanol–water partition coefficient (Wildman–Crippen LogP) is 9.03. The second-order valence-corrected chi connectivity index (χ2v) is 17.0. The molecule has 0 heterocycles. The van der Waals surface area contributed by atoms with E-state index in [4.69, 9.17) is 0 Å². The van der Waals surface area contributed by atoms with Crippen LogP contribution in [0.2, 0.25) is 0 Å². The van der Waals surface area contributed by atoms with Crippen molar-refractivity contribution in [3.05, 3.63) is 47.0 Å². The largest absolute Gasteiger partial charge is 0.478 e. The van der Waals surface area contributed by atoms with E-state index in [1.54, 1.807) is 0 Å². The van der Waals surface area contributed by atoms with Gasteiger partial charge in [0.25, 0.3) is 0 Å². The minimum atomic E-state index is -0.659. The predicted molar refractivity (Wildman–Crippen MR) is 149 cm³/mol. The highest BCUT2D eigenvalue weighted by atomic mass is 16.4. The average molecular weight is 497 g/mol. The molecule has 0 spiro atoms. The number of hydrogen-bond donors (Lipinski definition) is 1. The Bertz CT molecular complexity index is 1330. The fourth-order valence-corrected chi connectivity index (χ4v) is 14.0. The van der Waals surface area contributed by atoms with Gasteiger partial charge in [-0.2, -0.15) is 0 Å². The second-order valence-electron chi connectivity index (χ2n) is 17.0. The van der Waals surface area contributed by atoms with Crippen LogP contribution in [-0.2, 0) is 10.8 Å². The molecule has 8 saturated carbocycles. The molecule has 2 aromatic rings. The lowest BCUT2D eigenvalue weighted by molar-refractivity contribution is -0.112. The van der Waals surface area contributed by atoms with E-state index in [1.165, 1.54) is 98.9 Å². The van der Waals surface area contributed by atoms with Crippen LogP contribution in [0.1, 0.15) is 126 Å². The molecule has 10 rings (SSSR count). The van der Waals surface area contributed by atoms with Gasteiger partial charge in [-0.15, -0.1) is 0 Å². The normalized spacial score (nSPS) is 49.2. The average Bonchev–Trinajstić information content (AvgIpc) is 2.72. The zero-order valence-corrected chi connectivity index (χ0v) is 23.4. The Morgan fingerprint density at radius 2 is 1.19 bits per heavy atom. The standard InChI is InChI=1S/C35H44O2/c1-30-10-22-11-31(2,16-30)19-34(14-22,18-30)26-9-24-7-5-6-8-25(24)28(27(26)29(36)37)35-15-23-12-32(3,20-35)17-33(4,13-23)21-35/h5-9,22-23H,10-21H2,1-4H3,(H,36,37). The van der Waals surface area contributed by atoms with Crippen molar-refractivity contribution in [3.8, 4) is 0 Å². The Kier molecular flexibility index (Phi) is 4.15. The van der Waals surface area contributed by atoms with Gasteiger partial charge in [0.2, 0.25) is 0 Å². The molecule has 4 unspecified atom stereocenters. The molecule has 2 aromatic carbocycles. The van der Waals surface area contributed by atoms with Crippen molar-refractivity contribution in [2.45, 2.75) is 116 Å². The molecule has 2 heteroatoms. The SMILES string of the molecule is CC12CC3CC(C)(C1)CC(c1cc4ccccc4c(C45CC6CC(C)(CC(C)(C6)C4)C5)c1C(=O)O)(C3)C2. The molecule has 0 amide bonds. The van der Waals surface area contributed by atoms with Crippen LogP contribution in [0.4, 0.5) is 0 Å². The summed E-state index contributed by atoms with van der Waals surface area (Å²) < 4.78 is 0. The molecule has 1 N–H and O–H groups in total. The van der Waals surface area contributed by atoms with Gasteiger partial charge in [-0.05, 0) is 149 Å². The van der Waals surface area contributed by atoms with Crippen LogP contribution < -0.4 is 0 Å². The number of carbonyl (C=O) groups is 1. The first-order valence-electron chi connectivity index (χ1n) is 15.1. The number of carboxylic acids is 1. The molecule has 8 bridgehead atoms. The highest BCUT2D eigenvalue weighted by molar-refractivity contribution is 6.01. The summed E-state index contributed by atoms with van der Waals surface area (Å²) in [5.41, 5.74) is 4.65. The summed E-state index contributed by atoms with van der Waals surface area (Å²) in [6.07, 6.45) is 15.1. The first kappa shape index (κ1) is 23.1. The molecule has 196 valence electrons. The van der Waals surface area contributed by atoms with Crippen LogP contribution in [0.3, 0.4) is 0 Å². The van der Waals surface area contributed by atoms with Gasteiger partial charge in [-0.3, -0.25) is 0 Å². The highest BCUT2D eigenvalue weighted by Crippen LogP contribution is 2.73. The molecule has 0 saturated heterocycles. The summed E-state index contributed by atoms with van der Waals surface area (Å²) in [6.45, 7) is 10.1. The molecule has 8 fully saturated rings. The van der Waals surface area contributed by atoms with Crippen LogP contribution in [0.15, 0.2) is 30.3 Å². The summed E-state index contributed by atoms with van der Waals surface area (Å²) in [4.78, 5) is 13.6. The Morgan fingerprint density at radius 1 is 0.703 bits per heavy atom. The van der Waals surface area contributed by atoms with Gasteiger partial charge >= 0.3 is 5.97 Å². The lowest BCUT2D eigenvalue weighted by atomic mass is 9.37. The molecular formula is C35H44O2. The zero-order chi connectivity index (χ0) is 25.6. The molecular weight excluding hydrogens is 452 g/mol. The van der Waals surface area contributed by atoms with Gasteiger partial charge in [0, 0.05) is 0 Å². The lowest BCUT2D eigenvalue weighted by Crippen LogP contribution is -2.58. The van der Waals surface area contributed by atoms with Crippen LogP contribution in [0.25, 0.3) is 10.8 Å². The number of aromatic carboxylic acids is 1. The van der Waals surface area contributed by atoms with E-state index < -0.39 is 5.97 Å². The van der Waals surface area contributed by atoms with Gasteiger partial charge < -0.3 is 5.11 Å². The third kappa shape index (κ3) is 3.08. The molecule has 8 aliphatic rings. The van der Waals surface area contributed by atoms with E-state index in [9.17, 15) is 9.90 Å². The van der Waals surface area contributed by atoms with Crippen LogP contribution in [0.5, 0.6) is 0 Å². The van der Waals surface area contributed by atoms with Crippen LogP contribution in [-0.4, -0.2) is 11.1 Å². The zero-order valence-electron chi connectivity index (χ0n) is 23.4. The van der Waals surface area contributed by atoms with Crippen molar-refractivity contribution in [3.63, 3.8) is 0 Å². The summed E-state index contributed by atoms with van der Waals surface area (Å²) in [6, 6.07) is 11.2. The molecule has 37 heavy (non-hydrogen) atoms. The minimum Gasteiger partial charge on any atom is -0.478 e. The smallest absolute Gasteiger partial charge is 0.336 e. The van der Waals surface area contributed by atoms with Crippen molar-refractivity contribution in [2.75, 3.05) is 0 Å². The number of carboxylic acid groups (broad SMARTS) is 1. The molecule has 0 radical (unpaired) electrons. The van der Waals surface area contributed by atoms with Gasteiger partial charge in [0.15, 0.2) is 0 Å². The van der Waals surface area contributed by atoms with Crippen molar-refractivity contribution in [1.29, 1.82) is 0 Å². The van der Waals surface area contributed by atoms with Crippen molar-refractivity contribution in [1.82, 2.24) is 0 Å². The third-order valence-electron chi connectivity index (χ3n) is 12.6. The monoisotopic (exact) mass is 496 g/mol. The van der Waals surface area contributed by atoms with Crippen molar-refractivity contribution < 1.29 is 9.90 Å². The Labute approximate surface area is 222 Å². The van der Waals surface area contributed by atoms with E-state index in [-0.39, 0.29) is 10.8 Å². The van der Waals surface area contributed by atoms with E-state index in [2.05, 4.69) is 58.0 Å². The maximum Gasteiger partial charge on any atom is 0.336 e. The van der Waals surface area contributed by atoms with Gasteiger partial charge in [-0.1, -0.05) is 52.0 Å². The topological polar surface area (TPSA) is 37.3 Å².